The highest BCUT2D eigenvalue weighted by Crippen LogP contribution is 2.33. The normalized spacial score (nSPS) is 11.5. The van der Waals surface area contributed by atoms with Crippen molar-refractivity contribution in [2.45, 2.75) is 0 Å². The molecule has 0 bridgehead atoms. The van der Waals surface area contributed by atoms with E-state index in [9.17, 15) is 0 Å². The lowest BCUT2D eigenvalue weighted by Crippen LogP contribution is -1.81. The summed E-state index contributed by atoms with van der Waals surface area (Å²) in [6.45, 7) is 0. The summed E-state index contributed by atoms with van der Waals surface area (Å²) in [5, 5.41) is 1.23. The Morgan fingerprint density at radius 2 is 1.82 bits per heavy atom. The molecule has 0 unspecified atom stereocenters. The van der Waals surface area contributed by atoms with Crippen molar-refractivity contribution in [3.8, 4) is 0 Å². The number of benzene rings is 1. The molecule has 3 heteroatoms. The third-order valence-electron chi connectivity index (χ3n) is 2.91. The van der Waals surface area contributed by atoms with Gasteiger partial charge in [0.2, 0.25) is 0 Å². The van der Waals surface area contributed by atoms with Crippen molar-refractivity contribution in [3.63, 3.8) is 0 Å². The van der Waals surface area contributed by atoms with Crippen LogP contribution in [0.2, 0.25) is 0 Å². The SMILES string of the molecule is c1cnc2cc3sc4ccccc4c3nc2c1. The van der Waals surface area contributed by atoms with E-state index in [0.29, 0.717) is 0 Å². The first-order valence-electron chi connectivity index (χ1n) is 5.45. The van der Waals surface area contributed by atoms with Gasteiger partial charge in [-0.25, -0.2) is 4.98 Å². The van der Waals surface area contributed by atoms with Gasteiger partial charge in [-0.15, -0.1) is 11.3 Å². The van der Waals surface area contributed by atoms with Crippen LogP contribution in [0.4, 0.5) is 0 Å². The van der Waals surface area contributed by atoms with Crippen molar-refractivity contribution in [2.75, 3.05) is 0 Å². The van der Waals surface area contributed by atoms with Crippen molar-refractivity contribution >= 4 is 42.7 Å². The van der Waals surface area contributed by atoms with Crippen LogP contribution in [0.3, 0.4) is 0 Å². The van der Waals surface area contributed by atoms with Crippen LogP contribution >= 0.6 is 11.3 Å². The number of pyridine rings is 2. The lowest BCUT2D eigenvalue weighted by Gasteiger charge is -1.96. The predicted octanol–water partition coefficient (Wildman–Crippen LogP) is 4.00. The summed E-state index contributed by atoms with van der Waals surface area (Å²) < 4.78 is 2.49. The fraction of sp³-hybridized carbons (Fsp3) is 0. The maximum absolute atomic E-state index is 4.71. The second-order valence-corrected chi connectivity index (χ2v) is 5.06. The van der Waals surface area contributed by atoms with E-state index in [0.717, 1.165) is 16.6 Å². The van der Waals surface area contributed by atoms with Gasteiger partial charge in [0.25, 0.3) is 0 Å². The lowest BCUT2D eigenvalue weighted by atomic mass is 10.2. The Hall–Kier alpha value is -2.00. The summed E-state index contributed by atoms with van der Waals surface area (Å²) in [5.41, 5.74) is 3.02. The summed E-state index contributed by atoms with van der Waals surface area (Å²) in [7, 11) is 0. The summed E-state index contributed by atoms with van der Waals surface area (Å²) in [4.78, 5) is 9.06. The van der Waals surface area contributed by atoms with Crippen LogP contribution in [0.25, 0.3) is 31.3 Å². The van der Waals surface area contributed by atoms with E-state index in [1.165, 1.54) is 14.8 Å². The topological polar surface area (TPSA) is 25.8 Å². The summed E-state index contributed by atoms with van der Waals surface area (Å²) in [5.74, 6) is 0. The number of hydrogen-bond donors (Lipinski definition) is 0. The van der Waals surface area contributed by atoms with Gasteiger partial charge in [0.05, 0.1) is 21.3 Å². The Balaban J connectivity index is 2.28. The highest BCUT2D eigenvalue weighted by Gasteiger charge is 2.07. The molecule has 0 amide bonds. The van der Waals surface area contributed by atoms with E-state index >= 15 is 0 Å². The van der Waals surface area contributed by atoms with Crippen LogP contribution < -0.4 is 0 Å². The smallest absolute Gasteiger partial charge is 0.0901 e. The van der Waals surface area contributed by atoms with Gasteiger partial charge in [0, 0.05) is 16.3 Å². The van der Waals surface area contributed by atoms with Gasteiger partial charge in [-0.3, -0.25) is 4.98 Å². The van der Waals surface area contributed by atoms with Gasteiger partial charge >= 0.3 is 0 Å². The molecule has 0 fully saturated rings. The minimum absolute atomic E-state index is 0.962. The number of aromatic nitrogens is 2. The average Bonchev–Trinajstić information content (AvgIpc) is 2.73. The molecule has 0 radical (unpaired) electrons. The summed E-state index contributed by atoms with van der Waals surface area (Å²) in [6, 6.07) is 14.5. The van der Waals surface area contributed by atoms with Crippen molar-refractivity contribution < 1.29 is 0 Å². The standard InChI is InChI=1S/C14H8N2S/c1-2-6-12-9(4-1)14-13(17-12)8-11-10(16-14)5-3-7-15-11/h1-8H. The highest BCUT2D eigenvalue weighted by atomic mass is 32.1. The molecule has 17 heavy (non-hydrogen) atoms. The van der Waals surface area contributed by atoms with E-state index in [-0.39, 0.29) is 0 Å². The molecule has 3 aromatic heterocycles. The van der Waals surface area contributed by atoms with E-state index in [1.54, 1.807) is 11.3 Å². The molecule has 80 valence electrons. The molecule has 0 aliphatic heterocycles. The van der Waals surface area contributed by atoms with Crippen LogP contribution in [0, 0.1) is 0 Å². The number of rotatable bonds is 0. The average molecular weight is 236 g/mol. The zero-order valence-corrected chi connectivity index (χ0v) is 9.74. The zero-order valence-electron chi connectivity index (χ0n) is 8.92. The lowest BCUT2D eigenvalue weighted by molar-refractivity contribution is 1.38. The van der Waals surface area contributed by atoms with E-state index in [2.05, 4.69) is 35.3 Å². The Morgan fingerprint density at radius 1 is 0.882 bits per heavy atom. The Morgan fingerprint density at radius 3 is 2.82 bits per heavy atom. The van der Waals surface area contributed by atoms with Crippen LogP contribution in [0.1, 0.15) is 0 Å². The molecular formula is C14H8N2S. The molecule has 3 heterocycles. The molecule has 0 saturated carbocycles. The second kappa shape index (κ2) is 3.25. The first-order chi connectivity index (χ1) is 8.42. The van der Waals surface area contributed by atoms with Crippen molar-refractivity contribution in [2.24, 2.45) is 0 Å². The minimum Gasteiger partial charge on any atom is -0.255 e. The monoisotopic (exact) mass is 236 g/mol. The van der Waals surface area contributed by atoms with E-state index in [1.807, 2.05) is 18.3 Å². The van der Waals surface area contributed by atoms with Gasteiger partial charge < -0.3 is 0 Å². The van der Waals surface area contributed by atoms with Crippen LogP contribution in [-0.2, 0) is 0 Å². The highest BCUT2D eigenvalue weighted by molar-refractivity contribution is 7.25. The molecule has 1 aromatic carbocycles. The summed E-state index contributed by atoms with van der Waals surface area (Å²) in [6.07, 6.45) is 1.81. The summed E-state index contributed by atoms with van der Waals surface area (Å²) >= 11 is 1.77. The van der Waals surface area contributed by atoms with Gasteiger partial charge in [0.15, 0.2) is 0 Å². The zero-order chi connectivity index (χ0) is 11.2. The third kappa shape index (κ3) is 1.26. The molecule has 4 aromatic rings. The third-order valence-corrected chi connectivity index (χ3v) is 4.02. The maximum atomic E-state index is 4.71. The quantitative estimate of drug-likeness (QED) is 0.461. The molecule has 0 atom stereocenters. The molecule has 0 aliphatic rings. The molecule has 2 nitrogen and oxygen atoms in total. The molecule has 4 rings (SSSR count). The first kappa shape index (κ1) is 9.07. The second-order valence-electron chi connectivity index (χ2n) is 3.97. The fourth-order valence-electron chi connectivity index (χ4n) is 2.12. The molecule has 0 spiro atoms. The number of hydrogen-bond acceptors (Lipinski definition) is 3. The predicted molar refractivity (Wildman–Crippen MR) is 72.4 cm³/mol. The maximum Gasteiger partial charge on any atom is 0.0901 e. The number of fused-ring (bicyclic) bond motifs is 4. The number of thiophene rings is 1. The Kier molecular flexibility index (Phi) is 1.73. The van der Waals surface area contributed by atoms with Crippen LogP contribution in [0.5, 0.6) is 0 Å². The van der Waals surface area contributed by atoms with Gasteiger partial charge in [-0.05, 0) is 24.3 Å². The minimum atomic E-state index is 0.962. The Labute approximate surface area is 102 Å². The number of nitrogens with zero attached hydrogens (tertiary/aromatic N) is 2. The van der Waals surface area contributed by atoms with Crippen LogP contribution in [-0.4, -0.2) is 9.97 Å². The molecule has 0 N–H and O–H groups in total. The van der Waals surface area contributed by atoms with Crippen molar-refractivity contribution in [3.05, 3.63) is 48.7 Å². The first-order valence-corrected chi connectivity index (χ1v) is 6.26. The van der Waals surface area contributed by atoms with Gasteiger partial charge in [-0.2, -0.15) is 0 Å². The van der Waals surface area contributed by atoms with Gasteiger partial charge in [0.1, 0.15) is 0 Å². The van der Waals surface area contributed by atoms with Crippen molar-refractivity contribution in [1.29, 1.82) is 0 Å². The molecule has 0 aliphatic carbocycles. The largest absolute Gasteiger partial charge is 0.255 e. The van der Waals surface area contributed by atoms with Crippen LogP contribution in [0.15, 0.2) is 48.7 Å². The van der Waals surface area contributed by atoms with Gasteiger partial charge in [-0.1, -0.05) is 18.2 Å². The van der Waals surface area contributed by atoms with E-state index in [4.69, 9.17) is 4.98 Å². The molecule has 0 saturated heterocycles. The fourth-order valence-corrected chi connectivity index (χ4v) is 3.20. The Bertz CT molecular complexity index is 842. The van der Waals surface area contributed by atoms with E-state index < -0.39 is 0 Å². The molecular weight excluding hydrogens is 228 g/mol. The van der Waals surface area contributed by atoms with Crippen molar-refractivity contribution in [1.82, 2.24) is 9.97 Å².